The molecule has 0 fully saturated rings. The molecule has 2 aromatic rings. The third-order valence-corrected chi connectivity index (χ3v) is 5.20. The van der Waals surface area contributed by atoms with E-state index in [9.17, 15) is 9.70 Å². The van der Waals surface area contributed by atoms with Crippen LogP contribution >= 0.6 is 0 Å². The number of hydrogen-bond acceptors (Lipinski definition) is 5. The fourth-order valence-corrected chi connectivity index (χ4v) is 3.65. The highest BCUT2D eigenvalue weighted by Gasteiger charge is 2.22. The minimum absolute atomic E-state index is 0.369. The highest BCUT2D eigenvalue weighted by atomic mass is 16.5. The average Bonchev–Trinajstić information content (AvgIpc) is 2.74. The van der Waals surface area contributed by atoms with Gasteiger partial charge in [-0.3, -0.25) is 4.79 Å². The second-order valence-corrected chi connectivity index (χ2v) is 6.97. The summed E-state index contributed by atoms with van der Waals surface area (Å²) >= 11 is 0. The largest absolute Gasteiger partial charge is 0.493 e. The summed E-state index contributed by atoms with van der Waals surface area (Å²) in [6, 6.07) is 10.5. The Hall–Kier alpha value is -2.89. The molecule has 28 heavy (non-hydrogen) atoms. The maximum Gasteiger partial charge on any atom is 0.253 e. The molecule has 0 saturated carbocycles. The van der Waals surface area contributed by atoms with Gasteiger partial charge in [-0.1, -0.05) is 29.4 Å². The molecule has 6 heteroatoms. The minimum Gasteiger partial charge on any atom is -0.493 e. The van der Waals surface area contributed by atoms with Gasteiger partial charge in [0.2, 0.25) is 0 Å². The topological polar surface area (TPSA) is 77.0 Å². The van der Waals surface area contributed by atoms with Gasteiger partial charge in [-0.2, -0.15) is 0 Å². The zero-order valence-electron chi connectivity index (χ0n) is 16.4. The number of nitroso groups, excluding NO2 is 1. The van der Waals surface area contributed by atoms with E-state index in [0.29, 0.717) is 30.0 Å². The molecule has 1 unspecified atom stereocenters. The minimum atomic E-state index is -1.02. The molecule has 1 atom stereocenters. The Balaban J connectivity index is 1.61. The maximum absolute atomic E-state index is 12.5. The van der Waals surface area contributed by atoms with Crippen LogP contribution in [0.25, 0.3) is 0 Å². The van der Waals surface area contributed by atoms with E-state index < -0.39 is 6.04 Å². The molecule has 1 N–H and O–H groups in total. The molecule has 0 spiro atoms. The van der Waals surface area contributed by atoms with Gasteiger partial charge in [0.15, 0.2) is 17.5 Å². The van der Waals surface area contributed by atoms with E-state index in [1.165, 1.54) is 17.5 Å². The van der Waals surface area contributed by atoms with Gasteiger partial charge in [0, 0.05) is 6.54 Å². The molecule has 0 saturated heterocycles. The first-order chi connectivity index (χ1) is 13.7. The normalized spacial score (nSPS) is 13.9. The number of aryl methyl sites for hydroxylation is 2. The number of amides is 1. The van der Waals surface area contributed by atoms with Crippen LogP contribution in [0.4, 0.5) is 0 Å². The van der Waals surface area contributed by atoms with Gasteiger partial charge in [0.1, 0.15) is 0 Å². The number of benzene rings is 2. The van der Waals surface area contributed by atoms with Gasteiger partial charge >= 0.3 is 0 Å². The standard InChI is InChI=1S/C22H26N2O4/c1-27-19-10-7-15(13-20(19)28-2)11-12-23-22(25)21(24-26)18-9-8-16-5-3-4-6-17(16)14-18/h7-10,13-14,21H,3-6,11-12H2,1-2H3,(H,23,25). The van der Waals surface area contributed by atoms with Crippen LogP contribution < -0.4 is 14.8 Å². The van der Waals surface area contributed by atoms with Crippen LogP contribution in [0.2, 0.25) is 0 Å². The van der Waals surface area contributed by atoms with Crippen molar-refractivity contribution in [2.24, 2.45) is 5.18 Å². The van der Waals surface area contributed by atoms with E-state index in [-0.39, 0.29) is 5.91 Å². The van der Waals surface area contributed by atoms with Gasteiger partial charge in [0.25, 0.3) is 5.91 Å². The Labute approximate surface area is 165 Å². The molecule has 6 nitrogen and oxygen atoms in total. The van der Waals surface area contributed by atoms with Crippen LogP contribution in [0.5, 0.6) is 11.5 Å². The second kappa shape index (κ2) is 9.35. The van der Waals surface area contributed by atoms with Crippen LogP contribution in [-0.4, -0.2) is 26.7 Å². The number of fused-ring (bicyclic) bond motifs is 1. The summed E-state index contributed by atoms with van der Waals surface area (Å²) in [5.74, 6) is 0.937. The monoisotopic (exact) mass is 382 g/mol. The molecule has 0 radical (unpaired) electrons. The Kier molecular flexibility index (Phi) is 6.63. The number of carbonyl (C=O) groups excluding carboxylic acids is 1. The van der Waals surface area contributed by atoms with Crippen LogP contribution in [-0.2, 0) is 24.1 Å². The average molecular weight is 382 g/mol. The van der Waals surface area contributed by atoms with E-state index in [0.717, 1.165) is 24.8 Å². The summed E-state index contributed by atoms with van der Waals surface area (Å²) in [7, 11) is 3.17. The fourth-order valence-electron chi connectivity index (χ4n) is 3.65. The Morgan fingerprint density at radius 1 is 1.04 bits per heavy atom. The summed E-state index contributed by atoms with van der Waals surface area (Å²) < 4.78 is 10.5. The Bertz CT molecular complexity index is 850. The number of ether oxygens (including phenoxy) is 2. The van der Waals surface area contributed by atoms with Gasteiger partial charge in [-0.25, -0.2) is 0 Å². The molecule has 3 rings (SSSR count). The number of methoxy groups -OCH3 is 2. The van der Waals surface area contributed by atoms with E-state index in [1.54, 1.807) is 14.2 Å². The predicted molar refractivity (Wildman–Crippen MR) is 108 cm³/mol. The van der Waals surface area contributed by atoms with Gasteiger partial charge in [0.05, 0.1) is 14.2 Å². The fraction of sp³-hybridized carbons (Fsp3) is 0.409. The number of carbonyl (C=O) groups is 1. The first kappa shape index (κ1) is 19.9. The summed E-state index contributed by atoms with van der Waals surface area (Å²) in [6.07, 6.45) is 5.01. The SMILES string of the molecule is COc1ccc(CCNC(=O)C(N=O)c2ccc3c(c2)CCCC3)cc1OC. The number of hydrogen-bond donors (Lipinski definition) is 1. The number of rotatable bonds is 8. The highest BCUT2D eigenvalue weighted by Crippen LogP contribution is 2.28. The first-order valence-electron chi connectivity index (χ1n) is 9.59. The lowest BCUT2D eigenvalue weighted by atomic mass is 9.89. The lowest BCUT2D eigenvalue weighted by molar-refractivity contribution is -0.122. The van der Waals surface area contributed by atoms with E-state index in [2.05, 4.69) is 10.5 Å². The zero-order valence-corrected chi connectivity index (χ0v) is 16.4. The number of nitrogens with one attached hydrogen (secondary N) is 1. The molecule has 148 valence electrons. The molecule has 2 aromatic carbocycles. The van der Waals surface area contributed by atoms with Crippen molar-refractivity contribution in [2.75, 3.05) is 20.8 Å². The van der Waals surface area contributed by atoms with Crippen molar-refractivity contribution in [1.82, 2.24) is 5.32 Å². The van der Waals surface area contributed by atoms with Crippen molar-refractivity contribution in [3.05, 3.63) is 63.6 Å². The predicted octanol–water partition coefficient (Wildman–Crippen LogP) is 3.75. The van der Waals surface area contributed by atoms with Crippen molar-refractivity contribution in [3.8, 4) is 11.5 Å². The smallest absolute Gasteiger partial charge is 0.253 e. The van der Waals surface area contributed by atoms with Crippen LogP contribution in [0.3, 0.4) is 0 Å². The van der Waals surface area contributed by atoms with Gasteiger partial charge in [-0.05, 0) is 66.5 Å². The van der Waals surface area contributed by atoms with Crippen LogP contribution in [0.1, 0.15) is 41.1 Å². The molecule has 0 aromatic heterocycles. The van der Waals surface area contributed by atoms with Crippen molar-refractivity contribution in [2.45, 2.75) is 38.1 Å². The van der Waals surface area contributed by atoms with E-state index >= 15 is 0 Å². The summed E-state index contributed by atoms with van der Waals surface area (Å²) in [5, 5.41) is 5.91. The molecule has 0 aliphatic heterocycles. The highest BCUT2D eigenvalue weighted by molar-refractivity contribution is 5.83. The molecule has 1 amide bonds. The van der Waals surface area contributed by atoms with Crippen molar-refractivity contribution in [1.29, 1.82) is 0 Å². The maximum atomic E-state index is 12.5. The van der Waals surface area contributed by atoms with Crippen LogP contribution in [0, 0.1) is 4.91 Å². The third-order valence-electron chi connectivity index (χ3n) is 5.20. The van der Waals surface area contributed by atoms with E-state index in [4.69, 9.17) is 9.47 Å². The van der Waals surface area contributed by atoms with E-state index in [1.807, 2.05) is 36.4 Å². The van der Waals surface area contributed by atoms with Crippen molar-refractivity contribution in [3.63, 3.8) is 0 Å². The summed E-state index contributed by atoms with van der Waals surface area (Å²) in [6.45, 7) is 0.408. The lowest BCUT2D eigenvalue weighted by Gasteiger charge is -2.18. The number of nitrogens with zero attached hydrogens (tertiary/aromatic N) is 1. The lowest BCUT2D eigenvalue weighted by Crippen LogP contribution is -2.30. The quantitative estimate of drug-likeness (QED) is 0.706. The van der Waals surface area contributed by atoms with Crippen molar-refractivity contribution < 1.29 is 14.3 Å². The zero-order chi connectivity index (χ0) is 19.9. The van der Waals surface area contributed by atoms with Gasteiger partial charge < -0.3 is 14.8 Å². The summed E-state index contributed by atoms with van der Waals surface area (Å²) in [4.78, 5) is 23.9. The Morgan fingerprint density at radius 2 is 1.79 bits per heavy atom. The first-order valence-corrected chi connectivity index (χ1v) is 9.59. The molecular formula is C22H26N2O4. The van der Waals surface area contributed by atoms with Crippen LogP contribution in [0.15, 0.2) is 41.6 Å². The third kappa shape index (κ3) is 4.50. The molecule has 1 aliphatic carbocycles. The molecule has 0 heterocycles. The summed E-state index contributed by atoms with van der Waals surface area (Å²) in [5.41, 5.74) is 4.21. The molecular weight excluding hydrogens is 356 g/mol. The molecule has 0 bridgehead atoms. The molecule has 1 aliphatic rings. The Morgan fingerprint density at radius 3 is 2.50 bits per heavy atom. The second-order valence-electron chi connectivity index (χ2n) is 6.97. The van der Waals surface area contributed by atoms with Crippen molar-refractivity contribution >= 4 is 5.91 Å². The van der Waals surface area contributed by atoms with Gasteiger partial charge in [-0.15, -0.1) is 4.91 Å².